The van der Waals surface area contributed by atoms with Crippen molar-refractivity contribution >= 4 is 17.5 Å². The molecule has 1 amide bonds. The molecular weight excluding hydrogens is 269 g/mol. The molecule has 1 aromatic rings. The fourth-order valence-corrected chi connectivity index (χ4v) is 2.71. The Morgan fingerprint density at radius 1 is 1.42 bits per heavy atom. The molecule has 1 aliphatic rings. The molecule has 1 saturated carbocycles. The first-order chi connectivity index (χ1) is 9.11. The second kappa shape index (κ2) is 6.35. The maximum absolute atomic E-state index is 13.6. The van der Waals surface area contributed by atoms with E-state index in [2.05, 4.69) is 5.32 Å². The van der Waals surface area contributed by atoms with E-state index >= 15 is 0 Å². The van der Waals surface area contributed by atoms with Crippen molar-refractivity contribution in [1.29, 1.82) is 0 Å². The third-order valence-corrected chi connectivity index (χ3v) is 3.87. The molecule has 0 heterocycles. The lowest BCUT2D eigenvalue weighted by molar-refractivity contribution is 0.0868. The molecule has 2 unspecified atom stereocenters. The summed E-state index contributed by atoms with van der Waals surface area (Å²) in [6.07, 6.45) is 3.78. The molecule has 2 rings (SSSR count). The van der Waals surface area contributed by atoms with Gasteiger partial charge in [-0.2, -0.15) is 0 Å². The van der Waals surface area contributed by atoms with E-state index < -0.39 is 11.7 Å². The predicted octanol–water partition coefficient (Wildman–Crippen LogP) is 2.76. The lowest BCUT2D eigenvalue weighted by Gasteiger charge is -2.30. The number of aliphatic hydroxyl groups is 1. The van der Waals surface area contributed by atoms with Gasteiger partial charge in [-0.05, 0) is 31.0 Å². The zero-order valence-electron chi connectivity index (χ0n) is 10.5. The van der Waals surface area contributed by atoms with E-state index in [1.54, 1.807) is 0 Å². The van der Waals surface area contributed by atoms with Gasteiger partial charge in [-0.15, -0.1) is 0 Å². The van der Waals surface area contributed by atoms with Crippen molar-refractivity contribution in [3.8, 4) is 0 Å². The standard InChI is InChI=1S/C14H17ClFNO2/c15-10-5-6-12(16)11(7-10)14(19)17-13-4-2-1-3-9(13)8-18/h5-7,9,13,18H,1-4,8H2,(H,17,19). The van der Waals surface area contributed by atoms with E-state index in [0.717, 1.165) is 25.7 Å². The van der Waals surface area contributed by atoms with E-state index in [-0.39, 0.29) is 24.1 Å². The summed E-state index contributed by atoms with van der Waals surface area (Å²) in [4.78, 5) is 12.1. The highest BCUT2D eigenvalue weighted by atomic mass is 35.5. The summed E-state index contributed by atoms with van der Waals surface area (Å²) in [5, 5.41) is 12.4. The first-order valence-electron chi connectivity index (χ1n) is 6.48. The van der Waals surface area contributed by atoms with E-state index in [1.165, 1.54) is 18.2 Å². The average molecular weight is 286 g/mol. The summed E-state index contributed by atoms with van der Waals surface area (Å²) in [7, 11) is 0. The van der Waals surface area contributed by atoms with Gasteiger partial charge in [0.15, 0.2) is 0 Å². The van der Waals surface area contributed by atoms with Gasteiger partial charge in [-0.1, -0.05) is 24.4 Å². The zero-order valence-corrected chi connectivity index (χ0v) is 11.3. The number of carbonyl (C=O) groups excluding carboxylic acids is 1. The number of carbonyl (C=O) groups is 1. The molecule has 0 radical (unpaired) electrons. The van der Waals surface area contributed by atoms with Crippen LogP contribution in [0.25, 0.3) is 0 Å². The Bertz CT molecular complexity index is 467. The molecule has 2 N–H and O–H groups in total. The smallest absolute Gasteiger partial charge is 0.254 e. The summed E-state index contributed by atoms with van der Waals surface area (Å²) >= 11 is 5.77. The third kappa shape index (κ3) is 3.45. The van der Waals surface area contributed by atoms with Crippen LogP contribution in [0.2, 0.25) is 5.02 Å². The maximum atomic E-state index is 13.6. The summed E-state index contributed by atoms with van der Waals surface area (Å²) in [5.74, 6) is -0.997. The largest absolute Gasteiger partial charge is 0.396 e. The van der Waals surface area contributed by atoms with Crippen molar-refractivity contribution in [2.24, 2.45) is 5.92 Å². The number of rotatable bonds is 3. The highest BCUT2D eigenvalue weighted by Gasteiger charge is 2.26. The second-order valence-corrected chi connectivity index (χ2v) is 5.37. The maximum Gasteiger partial charge on any atom is 0.254 e. The number of hydrogen-bond donors (Lipinski definition) is 2. The van der Waals surface area contributed by atoms with Crippen LogP contribution < -0.4 is 5.32 Å². The van der Waals surface area contributed by atoms with Crippen LogP contribution in [0, 0.1) is 11.7 Å². The minimum Gasteiger partial charge on any atom is -0.396 e. The van der Waals surface area contributed by atoms with E-state index in [9.17, 15) is 14.3 Å². The van der Waals surface area contributed by atoms with Crippen molar-refractivity contribution in [1.82, 2.24) is 5.32 Å². The van der Waals surface area contributed by atoms with Crippen LogP contribution in [-0.2, 0) is 0 Å². The Hall–Kier alpha value is -1.13. The fourth-order valence-electron chi connectivity index (χ4n) is 2.53. The zero-order chi connectivity index (χ0) is 13.8. The summed E-state index contributed by atoms with van der Waals surface area (Å²) in [6.45, 7) is 0.0446. The Labute approximate surface area is 116 Å². The summed E-state index contributed by atoms with van der Waals surface area (Å²) in [6, 6.07) is 3.82. The van der Waals surface area contributed by atoms with Crippen molar-refractivity contribution in [2.75, 3.05) is 6.61 Å². The van der Waals surface area contributed by atoms with Gasteiger partial charge in [0.05, 0.1) is 5.56 Å². The topological polar surface area (TPSA) is 49.3 Å². The van der Waals surface area contributed by atoms with E-state index in [1.807, 2.05) is 0 Å². The molecule has 2 atom stereocenters. The number of benzene rings is 1. The molecule has 1 aromatic carbocycles. The van der Waals surface area contributed by atoms with Crippen LogP contribution in [0.5, 0.6) is 0 Å². The summed E-state index contributed by atoms with van der Waals surface area (Å²) in [5.41, 5.74) is -0.0465. The first-order valence-corrected chi connectivity index (χ1v) is 6.86. The van der Waals surface area contributed by atoms with Crippen molar-refractivity contribution in [3.63, 3.8) is 0 Å². The van der Waals surface area contributed by atoms with E-state index in [4.69, 9.17) is 11.6 Å². The molecular formula is C14H17ClFNO2. The molecule has 104 valence electrons. The van der Waals surface area contributed by atoms with Gasteiger partial charge >= 0.3 is 0 Å². The Kier molecular flexibility index (Phi) is 4.77. The number of aliphatic hydroxyl groups excluding tert-OH is 1. The Morgan fingerprint density at radius 3 is 2.89 bits per heavy atom. The summed E-state index contributed by atoms with van der Waals surface area (Å²) < 4.78 is 13.6. The van der Waals surface area contributed by atoms with Crippen LogP contribution in [0.1, 0.15) is 36.0 Å². The number of halogens is 2. The molecule has 0 saturated heterocycles. The molecule has 0 aromatic heterocycles. The monoisotopic (exact) mass is 285 g/mol. The van der Waals surface area contributed by atoms with Gasteiger partial charge in [0.2, 0.25) is 0 Å². The third-order valence-electron chi connectivity index (χ3n) is 3.63. The van der Waals surface area contributed by atoms with Crippen molar-refractivity contribution in [2.45, 2.75) is 31.7 Å². The normalized spacial score (nSPS) is 23.1. The molecule has 0 bridgehead atoms. The molecule has 19 heavy (non-hydrogen) atoms. The molecule has 1 aliphatic carbocycles. The molecule has 5 heteroatoms. The minimum absolute atomic E-state index is 0.0446. The van der Waals surface area contributed by atoms with E-state index in [0.29, 0.717) is 5.02 Å². The molecule has 0 spiro atoms. The van der Waals surface area contributed by atoms with Crippen LogP contribution >= 0.6 is 11.6 Å². The van der Waals surface area contributed by atoms with Crippen LogP contribution in [0.15, 0.2) is 18.2 Å². The number of amides is 1. The van der Waals surface area contributed by atoms with Gasteiger partial charge in [0.25, 0.3) is 5.91 Å². The Morgan fingerprint density at radius 2 is 2.16 bits per heavy atom. The van der Waals surface area contributed by atoms with Crippen LogP contribution in [0.4, 0.5) is 4.39 Å². The van der Waals surface area contributed by atoms with Crippen molar-refractivity contribution in [3.05, 3.63) is 34.6 Å². The quantitative estimate of drug-likeness (QED) is 0.897. The lowest BCUT2D eigenvalue weighted by atomic mass is 9.85. The minimum atomic E-state index is -0.585. The van der Waals surface area contributed by atoms with Gasteiger partial charge in [-0.3, -0.25) is 4.79 Å². The molecule has 1 fully saturated rings. The Balaban J connectivity index is 2.09. The van der Waals surface area contributed by atoms with Crippen LogP contribution in [-0.4, -0.2) is 23.7 Å². The number of hydrogen-bond acceptors (Lipinski definition) is 2. The van der Waals surface area contributed by atoms with Crippen molar-refractivity contribution < 1.29 is 14.3 Å². The predicted molar refractivity (Wildman–Crippen MR) is 71.7 cm³/mol. The first kappa shape index (κ1) is 14.3. The SMILES string of the molecule is O=C(NC1CCCCC1CO)c1cc(Cl)ccc1F. The number of nitrogens with one attached hydrogen (secondary N) is 1. The van der Waals surface area contributed by atoms with Crippen LogP contribution in [0.3, 0.4) is 0 Å². The fraction of sp³-hybridized carbons (Fsp3) is 0.500. The van der Waals surface area contributed by atoms with Gasteiger partial charge in [-0.25, -0.2) is 4.39 Å². The lowest BCUT2D eigenvalue weighted by Crippen LogP contribution is -2.43. The van der Waals surface area contributed by atoms with Gasteiger partial charge < -0.3 is 10.4 Å². The highest BCUT2D eigenvalue weighted by Crippen LogP contribution is 2.24. The molecule has 3 nitrogen and oxygen atoms in total. The van der Waals surface area contributed by atoms with Gasteiger partial charge in [0, 0.05) is 23.6 Å². The average Bonchev–Trinajstić information content (AvgIpc) is 2.42. The highest BCUT2D eigenvalue weighted by molar-refractivity contribution is 6.31. The second-order valence-electron chi connectivity index (χ2n) is 4.93. The molecule has 0 aliphatic heterocycles. The van der Waals surface area contributed by atoms with Gasteiger partial charge in [0.1, 0.15) is 5.82 Å².